The average Bonchev–Trinajstić information content (AvgIpc) is 3.83. The van der Waals surface area contributed by atoms with Crippen molar-refractivity contribution in [1.29, 1.82) is 0 Å². The lowest BCUT2D eigenvalue weighted by molar-refractivity contribution is 0.195. The standard InChI is InChI=1S/C14H16OS.C10H8S.C6H15N.C4H8O/c1-2-13(15)10-16-14-8-7-11-5-3-4-6-12(11)9-14;11-10-6-5-8-3-1-2-4-9(8)7-10;1-4-7(5-2)6-3;1-2-4-3-5-4/h3-9,13,15H,2,10H2,1H3;1-7,11H;4-6H2,1-3H3;4H,2-3H2,1H3/t13-;;;4-/m1..1/s1. The summed E-state index contributed by atoms with van der Waals surface area (Å²) in [5.74, 6) is 0.773. The molecule has 0 aromatic heterocycles. The number of aliphatic hydroxyl groups excluding tert-OH is 1. The first-order valence-corrected chi connectivity index (χ1v) is 15.7. The maximum absolute atomic E-state index is 9.51. The summed E-state index contributed by atoms with van der Waals surface area (Å²) < 4.78 is 4.86. The summed E-state index contributed by atoms with van der Waals surface area (Å²) in [5.41, 5.74) is 0. The largest absolute Gasteiger partial charge is 0.392 e. The van der Waals surface area contributed by atoms with Gasteiger partial charge in [-0.05, 0) is 78.3 Å². The monoisotopic (exact) mass is 565 g/mol. The summed E-state index contributed by atoms with van der Waals surface area (Å²) in [6.07, 6.45) is 2.45. The molecule has 1 saturated heterocycles. The molecule has 0 spiro atoms. The molecule has 0 radical (unpaired) electrons. The zero-order chi connectivity index (χ0) is 28.5. The Morgan fingerprint density at radius 1 is 0.795 bits per heavy atom. The van der Waals surface area contributed by atoms with Crippen LogP contribution >= 0.6 is 24.4 Å². The normalized spacial score (nSPS) is 14.4. The Morgan fingerprint density at radius 3 is 1.74 bits per heavy atom. The van der Waals surface area contributed by atoms with Crippen LogP contribution in [0.1, 0.15) is 47.5 Å². The van der Waals surface area contributed by atoms with Gasteiger partial charge in [-0.25, -0.2) is 0 Å². The molecular formula is C34H47NO2S2. The molecule has 39 heavy (non-hydrogen) atoms. The number of thiol groups is 1. The van der Waals surface area contributed by atoms with Crippen molar-refractivity contribution < 1.29 is 9.84 Å². The van der Waals surface area contributed by atoms with Crippen molar-refractivity contribution in [3.63, 3.8) is 0 Å². The number of nitrogens with zero attached hydrogens (tertiary/aromatic N) is 1. The molecule has 0 bridgehead atoms. The summed E-state index contributed by atoms with van der Waals surface area (Å²) in [4.78, 5) is 4.62. The second-order valence-electron chi connectivity index (χ2n) is 9.40. The van der Waals surface area contributed by atoms with E-state index in [0.29, 0.717) is 6.10 Å². The van der Waals surface area contributed by atoms with Crippen LogP contribution in [0.3, 0.4) is 0 Å². The third kappa shape index (κ3) is 13.3. The Morgan fingerprint density at radius 2 is 1.31 bits per heavy atom. The van der Waals surface area contributed by atoms with E-state index in [2.05, 4.69) is 112 Å². The van der Waals surface area contributed by atoms with Crippen LogP contribution in [-0.4, -0.2) is 54.2 Å². The third-order valence-corrected chi connectivity index (χ3v) is 7.98. The number of ether oxygens (including phenoxy) is 1. The zero-order valence-electron chi connectivity index (χ0n) is 24.3. The predicted molar refractivity (Wildman–Crippen MR) is 176 cm³/mol. The van der Waals surface area contributed by atoms with E-state index in [1.54, 1.807) is 11.8 Å². The first-order chi connectivity index (χ1) is 18.9. The van der Waals surface area contributed by atoms with Gasteiger partial charge in [0.25, 0.3) is 0 Å². The minimum atomic E-state index is -0.198. The van der Waals surface area contributed by atoms with Gasteiger partial charge in [0.2, 0.25) is 0 Å². The maximum atomic E-state index is 9.51. The SMILES string of the molecule is CCN(CC)CC.CC[C@@H](O)CSc1ccc2ccccc2c1.CC[C@@H]1CO1.Sc1ccc2ccccc2c1. The highest BCUT2D eigenvalue weighted by Crippen LogP contribution is 2.24. The number of rotatable bonds is 8. The molecule has 1 aliphatic heterocycles. The van der Waals surface area contributed by atoms with Crippen molar-refractivity contribution in [2.24, 2.45) is 0 Å². The Kier molecular flexibility index (Phi) is 16.3. The maximum Gasteiger partial charge on any atom is 0.0807 e. The Labute approximate surface area is 246 Å². The van der Waals surface area contributed by atoms with E-state index in [1.807, 2.05) is 25.1 Å². The second-order valence-corrected chi connectivity index (χ2v) is 11.0. The molecule has 3 nitrogen and oxygen atoms in total. The Hall–Kier alpha value is -2.02. The van der Waals surface area contributed by atoms with Gasteiger partial charge in [0, 0.05) is 15.5 Å². The zero-order valence-corrected chi connectivity index (χ0v) is 26.1. The molecule has 1 heterocycles. The van der Waals surface area contributed by atoms with Crippen molar-refractivity contribution >= 4 is 45.9 Å². The molecule has 0 unspecified atom stereocenters. The highest BCUT2D eigenvalue weighted by atomic mass is 32.2. The van der Waals surface area contributed by atoms with Crippen LogP contribution < -0.4 is 0 Å². The number of benzene rings is 4. The highest BCUT2D eigenvalue weighted by molar-refractivity contribution is 7.99. The quantitative estimate of drug-likeness (QED) is 0.127. The lowest BCUT2D eigenvalue weighted by Crippen LogP contribution is -2.21. The van der Waals surface area contributed by atoms with E-state index in [1.165, 1.54) is 52.5 Å². The molecule has 0 saturated carbocycles. The first-order valence-electron chi connectivity index (χ1n) is 14.2. The van der Waals surface area contributed by atoms with Crippen molar-refractivity contribution in [2.45, 2.75) is 69.5 Å². The van der Waals surface area contributed by atoms with Gasteiger partial charge in [-0.3, -0.25) is 0 Å². The number of thioether (sulfide) groups is 1. The fourth-order valence-electron chi connectivity index (χ4n) is 3.72. The molecule has 5 rings (SSSR count). The van der Waals surface area contributed by atoms with Crippen LogP contribution in [0, 0.1) is 0 Å². The van der Waals surface area contributed by atoms with Gasteiger partial charge < -0.3 is 14.7 Å². The van der Waals surface area contributed by atoms with Gasteiger partial charge in [-0.1, -0.05) is 95.3 Å². The van der Waals surface area contributed by atoms with Crippen LogP contribution in [0.4, 0.5) is 0 Å². The molecule has 1 N–H and O–H groups in total. The Bertz CT molecular complexity index is 1200. The van der Waals surface area contributed by atoms with Crippen molar-refractivity contribution in [3.05, 3.63) is 84.9 Å². The molecular weight excluding hydrogens is 519 g/mol. The van der Waals surface area contributed by atoms with E-state index in [4.69, 9.17) is 4.74 Å². The average molecular weight is 566 g/mol. The van der Waals surface area contributed by atoms with E-state index >= 15 is 0 Å². The van der Waals surface area contributed by atoms with Crippen LogP contribution in [0.25, 0.3) is 21.5 Å². The molecule has 2 atom stereocenters. The fourth-order valence-corrected chi connectivity index (χ4v) is 4.93. The number of hydrogen-bond donors (Lipinski definition) is 2. The molecule has 0 amide bonds. The van der Waals surface area contributed by atoms with Crippen molar-refractivity contribution in [3.8, 4) is 0 Å². The smallest absolute Gasteiger partial charge is 0.0807 e. The van der Waals surface area contributed by atoms with Gasteiger partial charge in [0.1, 0.15) is 0 Å². The highest BCUT2D eigenvalue weighted by Gasteiger charge is 2.18. The van der Waals surface area contributed by atoms with Crippen LogP contribution in [0.2, 0.25) is 0 Å². The lowest BCUT2D eigenvalue weighted by atomic mass is 10.1. The Balaban J connectivity index is 0.000000200. The molecule has 212 valence electrons. The van der Waals surface area contributed by atoms with E-state index < -0.39 is 0 Å². The van der Waals surface area contributed by atoms with E-state index in [-0.39, 0.29) is 6.10 Å². The van der Waals surface area contributed by atoms with Gasteiger partial charge in [0.05, 0.1) is 18.8 Å². The lowest BCUT2D eigenvalue weighted by Gasteiger charge is -2.13. The topological polar surface area (TPSA) is 36.0 Å². The minimum absolute atomic E-state index is 0.198. The number of aliphatic hydroxyl groups is 1. The molecule has 1 fully saturated rings. The second kappa shape index (κ2) is 19.1. The van der Waals surface area contributed by atoms with Gasteiger partial charge in [-0.15, -0.1) is 24.4 Å². The molecule has 5 heteroatoms. The number of epoxide rings is 1. The molecule has 4 aromatic rings. The van der Waals surface area contributed by atoms with Gasteiger partial charge in [-0.2, -0.15) is 0 Å². The van der Waals surface area contributed by atoms with E-state index in [0.717, 1.165) is 23.7 Å². The summed E-state index contributed by atoms with van der Waals surface area (Å²) >= 11 is 5.98. The van der Waals surface area contributed by atoms with E-state index in [9.17, 15) is 5.11 Å². The number of hydrogen-bond acceptors (Lipinski definition) is 5. The summed E-state index contributed by atoms with van der Waals surface area (Å²) in [7, 11) is 0. The molecule has 4 aromatic carbocycles. The van der Waals surface area contributed by atoms with Crippen molar-refractivity contribution in [2.75, 3.05) is 32.0 Å². The molecule has 1 aliphatic rings. The van der Waals surface area contributed by atoms with Gasteiger partial charge >= 0.3 is 0 Å². The summed E-state index contributed by atoms with van der Waals surface area (Å²) in [6, 6.07) is 29.2. The number of fused-ring (bicyclic) bond motifs is 2. The fraction of sp³-hybridized carbons (Fsp3) is 0.412. The van der Waals surface area contributed by atoms with Gasteiger partial charge in [0.15, 0.2) is 0 Å². The van der Waals surface area contributed by atoms with Crippen LogP contribution in [0.5, 0.6) is 0 Å². The summed E-state index contributed by atoms with van der Waals surface area (Å²) in [5, 5.41) is 14.6. The summed E-state index contributed by atoms with van der Waals surface area (Å²) in [6.45, 7) is 15.3. The van der Waals surface area contributed by atoms with Crippen molar-refractivity contribution in [1.82, 2.24) is 4.90 Å². The predicted octanol–water partition coefficient (Wildman–Crippen LogP) is 8.97. The third-order valence-electron chi connectivity index (χ3n) is 6.57. The molecule has 0 aliphatic carbocycles. The first kappa shape index (κ1) is 33.2. The minimum Gasteiger partial charge on any atom is -0.392 e. The van der Waals surface area contributed by atoms with Crippen LogP contribution in [0.15, 0.2) is 94.7 Å². The van der Waals surface area contributed by atoms with Crippen LogP contribution in [-0.2, 0) is 4.74 Å².